The Labute approximate surface area is 99.4 Å². The van der Waals surface area contributed by atoms with Crippen molar-refractivity contribution in [2.24, 2.45) is 5.73 Å². The summed E-state index contributed by atoms with van der Waals surface area (Å²) in [6.45, 7) is 0.0975. The normalized spacial score (nSPS) is 11.4. The van der Waals surface area contributed by atoms with Crippen molar-refractivity contribution in [3.05, 3.63) is 30.1 Å². The monoisotopic (exact) mass is 248 g/mol. The molecule has 1 atom stereocenters. The largest absolute Gasteiger partial charge is 0.383 e. The van der Waals surface area contributed by atoms with Crippen LogP contribution in [0.15, 0.2) is 24.3 Å². The van der Waals surface area contributed by atoms with E-state index in [9.17, 15) is 9.18 Å². The van der Waals surface area contributed by atoms with Gasteiger partial charge in [0, 0.05) is 7.11 Å². The minimum absolute atomic E-state index is 0. The molecule has 0 saturated heterocycles. The Morgan fingerprint density at radius 1 is 1.56 bits per heavy atom. The van der Waals surface area contributed by atoms with E-state index in [-0.39, 0.29) is 24.7 Å². The van der Waals surface area contributed by atoms with Gasteiger partial charge in [0.2, 0.25) is 5.91 Å². The average Bonchev–Trinajstić information content (AvgIpc) is 2.21. The average molecular weight is 249 g/mol. The predicted octanol–water partition coefficient (Wildman–Crippen LogP) is 1.16. The molecule has 0 aliphatic rings. The number of carbonyl (C=O) groups excluding carboxylic acids is 1. The zero-order valence-electron chi connectivity index (χ0n) is 8.77. The van der Waals surface area contributed by atoms with Gasteiger partial charge in [0.15, 0.2) is 0 Å². The Hall–Kier alpha value is -1.17. The Bertz CT molecular complexity index is 349. The molecule has 0 bridgehead atoms. The molecule has 16 heavy (non-hydrogen) atoms. The first-order valence-corrected chi connectivity index (χ1v) is 4.45. The molecular weight excluding hydrogens is 235 g/mol. The quantitative estimate of drug-likeness (QED) is 0.841. The van der Waals surface area contributed by atoms with Gasteiger partial charge in [-0.3, -0.25) is 4.79 Å². The van der Waals surface area contributed by atoms with Crippen LogP contribution in [0.4, 0.5) is 10.1 Å². The highest BCUT2D eigenvalue weighted by Gasteiger charge is 2.14. The number of para-hydroxylation sites is 1. The second-order valence-corrected chi connectivity index (χ2v) is 3.03. The first kappa shape index (κ1) is 14.8. The molecule has 1 aromatic rings. The number of hydrogen-bond donors (Lipinski definition) is 2. The molecule has 3 N–H and O–H groups in total. The lowest BCUT2D eigenvalue weighted by Gasteiger charge is -2.11. The van der Waals surface area contributed by atoms with Crippen LogP contribution in [0.1, 0.15) is 0 Å². The lowest BCUT2D eigenvalue weighted by Crippen LogP contribution is -2.39. The number of halogens is 2. The van der Waals surface area contributed by atoms with Crippen molar-refractivity contribution in [1.29, 1.82) is 0 Å². The molecule has 4 nitrogen and oxygen atoms in total. The highest BCUT2D eigenvalue weighted by atomic mass is 35.5. The summed E-state index contributed by atoms with van der Waals surface area (Å²) < 4.78 is 17.8. The van der Waals surface area contributed by atoms with Crippen molar-refractivity contribution in [2.45, 2.75) is 6.04 Å². The van der Waals surface area contributed by atoms with Gasteiger partial charge in [-0.1, -0.05) is 12.1 Å². The smallest absolute Gasteiger partial charge is 0.243 e. The Kier molecular flexibility index (Phi) is 6.64. The molecule has 90 valence electrons. The van der Waals surface area contributed by atoms with Gasteiger partial charge in [-0.2, -0.15) is 0 Å². The highest BCUT2D eigenvalue weighted by molar-refractivity contribution is 5.94. The zero-order valence-corrected chi connectivity index (χ0v) is 9.59. The van der Waals surface area contributed by atoms with E-state index in [1.54, 1.807) is 12.1 Å². The van der Waals surface area contributed by atoms with Gasteiger partial charge >= 0.3 is 0 Å². The maximum Gasteiger partial charge on any atom is 0.243 e. The molecule has 0 fully saturated rings. The van der Waals surface area contributed by atoms with E-state index >= 15 is 0 Å². The summed E-state index contributed by atoms with van der Waals surface area (Å²) >= 11 is 0. The summed E-state index contributed by atoms with van der Waals surface area (Å²) in [4.78, 5) is 11.4. The summed E-state index contributed by atoms with van der Waals surface area (Å²) in [7, 11) is 1.44. The maximum atomic E-state index is 13.1. The number of anilines is 1. The van der Waals surface area contributed by atoms with Gasteiger partial charge in [-0.05, 0) is 12.1 Å². The second kappa shape index (κ2) is 7.16. The Morgan fingerprint density at radius 2 is 2.19 bits per heavy atom. The summed E-state index contributed by atoms with van der Waals surface area (Å²) in [5.41, 5.74) is 5.59. The van der Waals surface area contributed by atoms with Crippen LogP contribution in [0.5, 0.6) is 0 Å². The fourth-order valence-corrected chi connectivity index (χ4v) is 1.04. The first-order chi connectivity index (χ1) is 7.15. The molecule has 0 saturated carbocycles. The summed E-state index contributed by atoms with van der Waals surface area (Å²) in [6.07, 6.45) is 0. The minimum Gasteiger partial charge on any atom is -0.383 e. The van der Waals surface area contributed by atoms with E-state index in [0.29, 0.717) is 0 Å². The van der Waals surface area contributed by atoms with Crippen molar-refractivity contribution in [2.75, 3.05) is 19.0 Å². The fraction of sp³-hybridized carbons (Fsp3) is 0.300. The van der Waals surface area contributed by atoms with Crippen LogP contribution >= 0.6 is 12.4 Å². The second-order valence-electron chi connectivity index (χ2n) is 3.03. The predicted molar refractivity (Wildman–Crippen MR) is 62.1 cm³/mol. The fourth-order valence-electron chi connectivity index (χ4n) is 1.04. The van der Waals surface area contributed by atoms with Gasteiger partial charge < -0.3 is 15.8 Å². The molecule has 6 heteroatoms. The number of benzene rings is 1. The molecule has 1 unspecified atom stereocenters. The SMILES string of the molecule is COCC(N)C(=O)Nc1ccccc1F.Cl. The molecule has 0 heterocycles. The molecule has 0 spiro atoms. The number of rotatable bonds is 4. The molecule has 1 amide bonds. The summed E-state index contributed by atoms with van der Waals surface area (Å²) in [5, 5.41) is 2.38. The van der Waals surface area contributed by atoms with E-state index in [2.05, 4.69) is 5.32 Å². The zero-order chi connectivity index (χ0) is 11.3. The number of nitrogens with two attached hydrogens (primary N) is 1. The molecule has 0 aliphatic carbocycles. The standard InChI is InChI=1S/C10H13FN2O2.ClH/c1-15-6-8(12)10(14)13-9-5-3-2-4-7(9)11;/h2-5,8H,6,12H2,1H3,(H,13,14);1H. The van der Waals surface area contributed by atoms with E-state index in [1.807, 2.05) is 0 Å². The lowest BCUT2D eigenvalue weighted by molar-refractivity contribution is -0.118. The van der Waals surface area contributed by atoms with Gasteiger partial charge in [-0.25, -0.2) is 4.39 Å². The number of hydrogen-bond acceptors (Lipinski definition) is 3. The highest BCUT2D eigenvalue weighted by Crippen LogP contribution is 2.12. The van der Waals surface area contributed by atoms with E-state index in [1.165, 1.54) is 19.2 Å². The van der Waals surface area contributed by atoms with Crippen LogP contribution in [0.3, 0.4) is 0 Å². The molecule has 0 aromatic heterocycles. The van der Waals surface area contributed by atoms with Gasteiger partial charge in [-0.15, -0.1) is 12.4 Å². The van der Waals surface area contributed by atoms with Crippen LogP contribution in [0.2, 0.25) is 0 Å². The summed E-state index contributed by atoms with van der Waals surface area (Å²) in [5.74, 6) is -0.961. The molecule has 1 rings (SSSR count). The van der Waals surface area contributed by atoms with Crippen LogP contribution in [-0.4, -0.2) is 25.7 Å². The molecule has 0 radical (unpaired) electrons. The molecular formula is C10H14ClFN2O2. The Morgan fingerprint density at radius 3 is 2.75 bits per heavy atom. The van der Waals surface area contributed by atoms with Gasteiger partial charge in [0.25, 0.3) is 0 Å². The van der Waals surface area contributed by atoms with Crippen LogP contribution in [-0.2, 0) is 9.53 Å². The number of ether oxygens (including phenoxy) is 1. The van der Waals surface area contributed by atoms with E-state index < -0.39 is 17.8 Å². The number of carbonyl (C=O) groups is 1. The Balaban J connectivity index is 0.00000225. The van der Waals surface area contributed by atoms with Crippen LogP contribution in [0, 0.1) is 5.82 Å². The number of nitrogens with one attached hydrogen (secondary N) is 1. The van der Waals surface area contributed by atoms with Crippen molar-refractivity contribution in [3.8, 4) is 0 Å². The van der Waals surface area contributed by atoms with Crippen molar-refractivity contribution in [1.82, 2.24) is 0 Å². The third-order valence-corrected chi connectivity index (χ3v) is 1.81. The molecule has 0 aliphatic heterocycles. The third kappa shape index (κ3) is 4.14. The maximum absolute atomic E-state index is 13.1. The van der Waals surface area contributed by atoms with Crippen molar-refractivity contribution < 1.29 is 13.9 Å². The van der Waals surface area contributed by atoms with E-state index in [0.717, 1.165) is 0 Å². The van der Waals surface area contributed by atoms with Crippen molar-refractivity contribution in [3.63, 3.8) is 0 Å². The van der Waals surface area contributed by atoms with Crippen molar-refractivity contribution >= 4 is 24.0 Å². The van der Waals surface area contributed by atoms with E-state index in [4.69, 9.17) is 10.5 Å². The van der Waals surface area contributed by atoms with Crippen LogP contribution in [0.25, 0.3) is 0 Å². The van der Waals surface area contributed by atoms with Gasteiger partial charge in [0.05, 0.1) is 12.3 Å². The molecule has 1 aromatic carbocycles. The van der Waals surface area contributed by atoms with Crippen LogP contribution < -0.4 is 11.1 Å². The van der Waals surface area contributed by atoms with Gasteiger partial charge in [0.1, 0.15) is 11.9 Å². The number of amides is 1. The number of methoxy groups -OCH3 is 1. The summed E-state index contributed by atoms with van der Waals surface area (Å²) in [6, 6.07) is 5.10. The minimum atomic E-state index is -0.797. The topological polar surface area (TPSA) is 64.3 Å². The lowest BCUT2D eigenvalue weighted by atomic mass is 10.2. The third-order valence-electron chi connectivity index (χ3n) is 1.81. The first-order valence-electron chi connectivity index (χ1n) is 4.45.